The number of aryl methyl sites for hydroxylation is 1. The van der Waals surface area contributed by atoms with Crippen LogP contribution in [0.15, 0.2) is 48.5 Å². The van der Waals surface area contributed by atoms with Crippen molar-refractivity contribution in [2.24, 2.45) is 0 Å². The summed E-state index contributed by atoms with van der Waals surface area (Å²) in [6.45, 7) is 7.57. The maximum Gasteiger partial charge on any atom is 0.411 e. The van der Waals surface area contributed by atoms with Gasteiger partial charge in [-0.15, -0.1) is 0 Å². The molecule has 2 aromatic rings. The summed E-state index contributed by atoms with van der Waals surface area (Å²) in [5.74, 6) is 0. The van der Waals surface area contributed by atoms with Gasteiger partial charge in [0, 0.05) is 25.2 Å². The molecule has 36 heavy (non-hydrogen) atoms. The number of carbonyl (C=O) groups is 2. The Kier molecular flexibility index (Phi) is 6.68. The maximum atomic E-state index is 13.3. The zero-order chi connectivity index (χ0) is 25.3. The summed E-state index contributed by atoms with van der Waals surface area (Å²) in [5.41, 5.74) is 3.79. The van der Waals surface area contributed by atoms with E-state index >= 15 is 0 Å². The molecule has 3 unspecified atom stereocenters. The van der Waals surface area contributed by atoms with E-state index in [4.69, 9.17) is 9.47 Å². The molecule has 0 saturated carbocycles. The second kappa shape index (κ2) is 9.77. The molecule has 3 atom stereocenters. The van der Waals surface area contributed by atoms with Crippen LogP contribution in [0.4, 0.5) is 9.59 Å². The molecule has 0 radical (unpaired) electrons. The first-order valence-corrected chi connectivity index (χ1v) is 13.1. The summed E-state index contributed by atoms with van der Waals surface area (Å²) in [4.78, 5) is 27.6. The fourth-order valence-electron chi connectivity index (χ4n) is 5.94. The van der Waals surface area contributed by atoms with Crippen LogP contribution >= 0.6 is 0 Å². The number of benzene rings is 2. The minimum atomic E-state index is -0.525. The number of rotatable bonds is 4. The molecule has 2 fully saturated rings. The Bertz CT molecular complexity index is 1110. The van der Waals surface area contributed by atoms with E-state index in [0.717, 1.165) is 50.8 Å². The highest BCUT2D eigenvalue weighted by Gasteiger charge is 2.53. The van der Waals surface area contributed by atoms with Gasteiger partial charge in [-0.2, -0.15) is 0 Å². The molecule has 2 aromatic carbocycles. The van der Waals surface area contributed by atoms with Crippen molar-refractivity contribution in [3.05, 3.63) is 70.8 Å². The molecule has 3 aliphatic rings. The van der Waals surface area contributed by atoms with E-state index in [9.17, 15) is 9.59 Å². The van der Waals surface area contributed by atoms with Crippen LogP contribution in [0.5, 0.6) is 0 Å². The third-order valence-corrected chi connectivity index (χ3v) is 7.61. The minimum Gasteiger partial charge on any atom is -0.445 e. The number of alkyl carbamates (subject to hydrolysis) is 1. The standard InChI is InChI=1S/C29H37N3O4/c1-28(2,3)36-27(34)32-25-13-14-29(32,19-30-17-25)23-11-9-22-16-24(12-10-21(22)15-23)31-26(33)35-18-20-7-5-4-6-8-20/h4-9,11,15,24-25,30H,10,12-14,16-19H2,1-3H3,(H,31,33). The quantitative estimate of drug-likeness (QED) is 0.650. The Morgan fingerprint density at radius 1 is 1.11 bits per heavy atom. The van der Waals surface area contributed by atoms with Gasteiger partial charge in [-0.1, -0.05) is 48.5 Å². The Hall–Kier alpha value is -3.06. The lowest BCUT2D eigenvalue weighted by Gasteiger charge is -2.46. The lowest BCUT2D eigenvalue weighted by atomic mass is 9.81. The van der Waals surface area contributed by atoms with E-state index in [1.165, 1.54) is 16.7 Å². The first-order valence-electron chi connectivity index (χ1n) is 13.1. The average molecular weight is 492 g/mol. The van der Waals surface area contributed by atoms with E-state index in [-0.39, 0.29) is 36.4 Å². The molecule has 7 heteroatoms. The van der Waals surface area contributed by atoms with Gasteiger partial charge < -0.3 is 20.1 Å². The second-order valence-corrected chi connectivity index (χ2v) is 11.3. The normalized spacial score (nSPS) is 25.1. The molecule has 2 amide bonds. The molecule has 2 N–H and O–H groups in total. The molecular formula is C29H37N3O4. The van der Waals surface area contributed by atoms with Crippen molar-refractivity contribution in [1.29, 1.82) is 0 Å². The Morgan fingerprint density at radius 2 is 1.92 bits per heavy atom. The van der Waals surface area contributed by atoms with Gasteiger partial charge in [0.2, 0.25) is 0 Å². The molecule has 192 valence electrons. The molecule has 2 bridgehead atoms. The molecule has 1 aliphatic carbocycles. The molecule has 0 spiro atoms. The van der Waals surface area contributed by atoms with E-state index in [1.807, 2.05) is 56.0 Å². The molecule has 2 saturated heterocycles. The lowest BCUT2D eigenvalue weighted by molar-refractivity contribution is -0.0115. The molecule has 2 aliphatic heterocycles. The predicted octanol–water partition coefficient (Wildman–Crippen LogP) is 4.67. The Morgan fingerprint density at radius 3 is 2.69 bits per heavy atom. The average Bonchev–Trinajstić information content (AvgIpc) is 3.08. The number of hydrogen-bond donors (Lipinski definition) is 2. The monoisotopic (exact) mass is 491 g/mol. The van der Waals surface area contributed by atoms with E-state index < -0.39 is 5.60 Å². The summed E-state index contributed by atoms with van der Waals surface area (Å²) < 4.78 is 11.2. The Labute approximate surface area is 213 Å². The van der Waals surface area contributed by atoms with Gasteiger partial charge in [0.1, 0.15) is 12.2 Å². The van der Waals surface area contributed by atoms with Crippen molar-refractivity contribution in [3.8, 4) is 0 Å². The SMILES string of the molecule is CC(C)(C)OC(=O)N1C2CCC1(c1ccc3c(c1)CCC(NC(=O)OCc1ccccc1)C3)CNC2. The maximum absolute atomic E-state index is 13.3. The zero-order valence-electron chi connectivity index (χ0n) is 21.5. The zero-order valence-corrected chi connectivity index (χ0v) is 21.5. The molecule has 5 rings (SSSR count). The van der Waals surface area contributed by atoms with E-state index in [2.05, 4.69) is 28.8 Å². The molecule has 2 heterocycles. The first kappa shape index (κ1) is 24.6. The number of piperazine rings is 1. The van der Waals surface area contributed by atoms with Gasteiger partial charge in [0.05, 0.1) is 5.54 Å². The van der Waals surface area contributed by atoms with Crippen LogP contribution in [-0.2, 0) is 34.5 Å². The largest absolute Gasteiger partial charge is 0.445 e. The van der Waals surface area contributed by atoms with Crippen molar-refractivity contribution in [3.63, 3.8) is 0 Å². The third kappa shape index (κ3) is 5.07. The van der Waals surface area contributed by atoms with Crippen LogP contribution in [0.2, 0.25) is 0 Å². The smallest absolute Gasteiger partial charge is 0.411 e. The van der Waals surface area contributed by atoms with Crippen molar-refractivity contribution in [1.82, 2.24) is 15.5 Å². The van der Waals surface area contributed by atoms with Crippen LogP contribution in [0.25, 0.3) is 0 Å². The van der Waals surface area contributed by atoms with Gasteiger partial charge in [0.25, 0.3) is 0 Å². The third-order valence-electron chi connectivity index (χ3n) is 7.61. The summed E-state index contributed by atoms with van der Waals surface area (Å²) in [6, 6.07) is 16.5. The van der Waals surface area contributed by atoms with Crippen molar-refractivity contribution >= 4 is 12.2 Å². The first-order chi connectivity index (χ1) is 17.2. The molecule has 7 nitrogen and oxygen atoms in total. The second-order valence-electron chi connectivity index (χ2n) is 11.3. The van der Waals surface area contributed by atoms with Crippen molar-refractivity contribution in [2.75, 3.05) is 13.1 Å². The van der Waals surface area contributed by atoms with E-state index in [0.29, 0.717) is 0 Å². The summed E-state index contributed by atoms with van der Waals surface area (Å²) >= 11 is 0. The predicted molar refractivity (Wildman–Crippen MR) is 138 cm³/mol. The molecular weight excluding hydrogens is 454 g/mol. The minimum absolute atomic E-state index is 0.0512. The number of ether oxygens (including phenoxy) is 2. The number of nitrogens with zero attached hydrogens (tertiary/aromatic N) is 1. The van der Waals surface area contributed by atoms with Crippen LogP contribution in [0, 0.1) is 0 Å². The van der Waals surface area contributed by atoms with Crippen molar-refractivity contribution < 1.29 is 19.1 Å². The van der Waals surface area contributed by atoms with Gasteiger partial charge in [0.15, 0.2) is 0 Å². The van der Waals surface area contributed by atoms with Crippen LogP contribution in [0.3, 0.4) is 0 Å². The van der Waals surface area contributed by atoms with Gasteiger partial charge in [-0.05, 0) is 75.1 Å². The van der Waals surface area contributed by atoms with Crippen LogP contribution in [0.1, 0.15) is 62.3 Å². The van der Waals surface area contributed by atoms with Gasteiger partial charge >= 0.3 is 12.2 Å². The summed E-state index contributed by atoms with van der Waals surface area (Å²) in [6.07, 6.45) is 3.83. The fourth-order valence-corrected chi connectivity index (χ4v) is 5.94. The van der Waals surface area contributed by atoms with Crippen molar-refractivity contribution in [2.45, 2.75) is 82.7 Å². The van der Waals surface area contributed by atoms with Gasteiger partial charge in [-0.25, -0.2) is 9.59 Å². The number of fused-ring (bicyclic) bond motifs is 3. The topological polar surface area (TPSA) is 79.9 Å². The summed E-state index contributed by atoms with van der Waals surface area (Å²) in [5, 5.41) is 6.59. The van der Waals surface area contributed by atoms with Gasteiger partial charge in [-0.3, -0.25) is 4.90 Å². The van der Waals surface area contributed by atoms with Crippen LogP contribution in [-0.4, -0.2) is 47.9 Å². The fraction of sp³-hybridized carbons (Fsp3) is 0.517. The molecule has 0 aromatic heterocycles. The van der Waals surface area contributed by atoms with E-state index in [1.54, 1.807) is 0 Å². The highest BCUT2D eigenvalue weighted by molar-refractivity contribution is 5.71. The van der Waals surface area contributed by atoms with Crippen LogP contribution < -0.4 is 10.6 Å². The Balaban J connectivity index is 1.27. The highest BCUT2D eigenvalue weighted by atomic mass is 16.6. The number of amides is 2. The number of hydrogen-bond acceptors (Lipinski definition) is 5. The number of nitrogens with one attached hydrogen (secondary N) is 2. The lowest BCUT2D eigenvalue weighted by Crippen LogP contribution is -2.61. The highest BCUT2D eigenvalue weighted by Crippen LogP contribution is 2.45. The number of carbonyl (C=O) groups excluding carboxylic acids is 2. The summed E-state index contributed by atoms with van der Waals surface area (Å²) in [7, 11) is 0.